The SMILES string of the molecule is CCNc1nc(Sc2nnc(C)s2)c2ccccc2n1. The highest BCUT2D eigenvalue weighted by Gasteiger charge is 2.11. The van der Waals surface area contributed by atoms with Crippen LogP contribution in [0.4, 0.5) is 5.95 Å². The second-order valence-corrected chi connectivity index (χ2v) is 6.51. The number of rotatable bonds is 4. The second kappa shape index (κ2) is 5.72. The van der Waals surface area contributed by atoms with Gasteiger partial charge in [-0.25, -0.2) is 9.97 Å². The molecule has 0 fully saturated rings. The minimum atomic E-state index is 0.648. The monoisotopic (exact) mass is 303 g/mol. The third-order valence-corrected chi connectivity index (χ3v) is 4.49. The molecule has 2 heterocycles. The molecule has 5 nitrogen and oxygen atoms in total. The van der Waals surface area contributed by atoms with E-state index in [2.05, 4.69) is 25.5 Å². The largest absolute Gasteiger partial charge is 0.354 e. The minimum absolute atomic E-state index is 0.648. The van der Waals surface area contributed by atoms with Crippen LogP contribution in [-0.4, -0.2) is 26.7 Å². The summed E-state index contributed by atoms with van der Waals surface area (Å²) in [5.74, 6) is 0.648. The molecule has 0 saturated carbocycles. The zero-order valence-electron chi connectivity index (χ0n) is 11.1. The molecule has 0 atom stereocenters. The molecular formula is C13H13N5S2. The second-order valence-electron chi connectivity index (χ2n) is 4.09. The van der Waals surface area contributed by atoms with Gasteiger partial charge in [0.2, 0.25) is 5.95 Å². The molecule has 3 rings (SSSR count). The summed E-state index contributed by atoms with van der Waals surface area (Å²) in [6, 6.07) is 8.00. The third-order valence-electron chi connectivity index (χ3n) is 2.59. The molecule has 3 aromatic rings. The Hall–Kier alpha value is -1.73. The first-order valence-electron chi connectivity index (χ1n) is 6.25. The smallest absolute Gasteiger partial charge is 0.224 e. The van der Waals surface area contributed by atoms with Crippen molar-refractivity contribution in [3.63, 3.8) is 0 Å². The van der Waals surface area contributed by atoms with E-state index in [1.54, 1.807) is 11.3 Å². The Balaban J connectivity index is 2.06. The summed E-state index contributed by atoms with van der Waals surface area (Å²) in [6.07, 6.45) is 0. The van der Waals surface area contributed by atoms with Crippen LogP contribution in [0, 0.1) is 6.92 Å². The Morgan fingerprint density at radius 1 is 1.20 bits per heavy atom. The third kappa shape index (κ3) is 2.73. The number of nitrogens with zero attached hydrogens (tertiary/aromatic N) is 4. The highest BCUT2D eigenvalue weighted by Crippen LogP contribution is 2.33. The zero-order valence-corrected chi connectivity index (χ0v) is 12.8. The van der Waals surface area contributed by atoms with Crippen LogP contribution in [0.2, 0.25) is 0 Å². The summed E-state index contributed by atoms with van der Waals surface area (Å²) >= 11 is 3.10. The molecule has 0 aliphatic carbocycles. The lowest BCUT2D eigenvalue weighted by Gasteiger charge is -2.07. The normalized spacial score (nSPS) is 10.9. The van der Waals surface area contributed by atoms with Crippen LogP contribution >= 0.6 is 23.1 Å². The molecular weight excluding hydrogens is 290 g/mol. The number of hydrogen-bond donors (Lipinski definition) is 1. The Morgan fingerprint density at radius 2 is 2.05 bits per heavy atom. The number of aryl methyl sites for hydroxylation is 1. The minimum Gasteiger partial charge on any atom is -0.354 e. The van der Waals surface area contributed by atoms with Crippen LogP contribution in [0.15, 0.2) is 33.6 Å². The van der Waals surface area contributed by atoms with Crippen molar-refractivity contribution in [1.82, 2.24) is 20.2 Å². The fraction of sp³-hybridized carbons (Fsp3) is 0.231. The first-order chi connectivity index (χ1) is 9.76. The number of hydrogen-bond acceptors (Lipinski definition) is 7. The summed E-state index contributed by atoms with van der Waals surface area (Å²) in [5.41, 5.74) is 0.933. The van der Waals surface area contributed by atoms with Gasteiger partial charge < -0.3 is 5.32 Å². The Bertz CT molecular complexity index is 740. The Kier molecular flexibility index (Phi) is 3.79. The fourth-order valence-electron chi connectivity index (χ4n) is 1.76. The van der Waals surface area contributed by atoms with E-state index in [9.17, 15) is 0 Å². The molecule has 0 aliphatic rings. The summed E-state index contributed by atoms with van der Waals surface area (Å²) in [4.78, 5) is 9.08. The molecule has 0 unspecified atom stereocenters. The lowest BCUT2D eigenvalue weighted by Crippen LogP contribution is -2.03. The van der Waals surface area contributed by atoms with Gasteiger partial charge in [0.1, 0.15) is 10.0 Å². The summed E-state index contributed by atoms with van der Waals surface area (Å²) in [5, 5.41) is 14.2. The van der Waals surface area contributed by atoms with Crippen molar-refractivity contribution < 1.29 is 0 Å². The van der Waals surface area contributed by atoms with E-state index in [0.717, 1.165) is 31.8 Å². The van der Waals surface area contributed by atoms with Gasteiger partial charge >= 0.3 is 0 Å². The average Bonchev–Trinajstić information content (AvgIpc) is 2.85. The van der Waals surface area contributed by atoms with Crippen molar-refractivity contribution in [2.75, 3.05) is 11.9 Å². The maximum Gasteiger partial charge on any atom is 0.224 e. The van der Waals surface area contributed by atoms with Crippen molar-refractivity contribution in [1.29, 1.82) is 0 Å². The van der Waals surface area contributed by atoms with Crippen LogP contribution in [0.1, 0.15) is 11.9 Å². The molecule has 20 heavy (non-hydrogen) atoms. The van der Waals surface area contributed by atoms with Crippen LogP contribution in [-0.2, 0) is 0 Å². The molecule has 1 aromatic carbocycles. The van der Waals surface area contributed by atoms with Crippen molar-refractivity contribution in [2.45, 2.75) is 23.2 Å². The van der Waals surface area contributed by atoms with E-state index in [-0.39, 0.29) is 0 Å². The number of para-hydroxylation sites is 1. The van der Waals surface area contributed by atoms with Crippen LogP contribution in [0.3, 0.4) is 0 Å². The topological polar surface area (TPSA) is 63.6 Å². The number of fused-ring (bicyclic) bond motifs is 1. The van der Waals surface area contributed by atoms with E-state index in [1.165, 1.54) is 11.8 Å². The maximum atomic E-state index is 4.57. The molecule has 0 saturated heterocycles. The van der Waals surface area contributed by atoms with Gasteiger partial charge in [0.15, 0.2) is 4.34 Å². The molecule has 102 valence electrons. The predicted octanol–water partition coefficient (Wildman–Crippen LogP) is 3.37. The van der Waals surface area contributed by atoms with E-state index < -0.39 is 0 Å². The molecule has 0 spiro atoms. The molecule has 0 amide bonds. The van der Waals surface area contributed by atoms with Crippen molar-refractivity contribution in [3.05, 3.63) is 29.3 Å². The highest BCUT2D eigenvalue weighted by molar-refractivity contribution is 8.01. The maximum absolute atomic E-state index is 4.57. The van der Waals surface area contributed by atoms with Gasteiger partial charge in [0, 0.05) is 11.9 Å². The van der Waals surface area contributed by atoms with Gasteiger partial charge in [-0.05, 0) is 31.7 Å². The Morgan fingerprint density at radius 3 is 2.80 bits per heavy atom. The molecule has 0 aliphatic heterocycles. The van der Waals surface area contributed by atoms with Crippen molar-refractivity contribution in [3.8, 4) is 0 Å². The molecule has 7 heteroatoms. The Labute approximate surface area is 124 Å². The van der Waals surface area contributed by atoms with Gasteiger partial charge in [0.05, 0.1) is 5.52 Å². The predicted molar refractivity (Wildman–Crippen MR) is 82.5 cm³/mol. The first kappa shape index (κ1) is 13.3. The lowest BCUT2D eigenvalue weighted by molar-refractivity contribution is 0.980. The summed E-state index contributed by atoms with van der Waals surface area (Å²) in [6.45, 7) is 4.77. The van der Waals surface area contributed by atoms with Crippen LogP contribution in [0.5, 0.6) is 0 Å². The van der Waals surface area contributed by atoms with E-state index in [1.807, 2.05) is 38.1 Å². The molecule has 0 radical (unpaired) electrons. The summed E-state index contributed by atoms with van der Waals surface area (Å²) in [7, 11) is 0. The van der Waals surface area contributed by atoms with Crippen LogP contribution in [0.25, 0.3) is 10.9 Å². The van der Waals surface area contributed by atoms with E-state index in [4.69, 9.17) is 0 Å². The van der Waals surface area contributed by atoms with Crippen molar-refractivity contribution in [2.24, 2.45) is 0 Å². The number of aromatic nitrogens is 4. The number of anilines is 1. The summed E-state index contributed by atoms with van der Waals surface area (Å²) < 4.78 is 0.897. The quantitative estimate of drug-likeness (QED) is 0.746. The standard InChI is InChI=1S/C13H13N5S2/c1-3-14-12-15-10-7-5-4-6-9(10)11(16-12)20-13-18-17-8(2)19-13/h4-7H,3H2,1-2H3,(H,14,15,16). The van der Waals surface area contributed by atoms with Gasteiger partial charge in [-0.15, -0.1) is 10.2 Å². The highest BCUT2D eigenvalue weighted by atomic mass is 32.2. The van der Waals surface area contributed by atoms with E-state index in [0.29, 0.717) is 5.95 Å². The molecule has 0 bridgehead atoms. The lowest BCUT2D eigenvalue weighted by atomic mass is 10.2. The number of benzene rings is 1. The molecule has 2 aromatic heterocycles. The van der Waals surface area contributed by atoms with Gasteiger partial charge in [-0.1, -0.05) is 29.5 Å². The van der Waals surface area contributed by atoms with Gasteiger partial charge in [-0.3, -0.25) is 0 Å². The average molecular weight is 303 g/mol. The van der Waals surface area contributed by atoms with E-state index >= 15 is 0 Å². The fourth-order valence-corrected chi connectivity index (χ4v) is 3.61. The van der Waals surface area contributed by atoms with Crippen molar-refractivity contribution >= 4 is 39.9 Å². The van der Waals surface area contributed by atoms with Gasteiger partial charge in [0.25, 0.3) is 0 Å². The molecule has 1 N–H and O–H groups in total. The first-order valence-corrected chi connectivity index (χ1v) is 7.88. The zero-order chi connectivity index (χ0) is 13.9. The van der Waals surface area contributed by atoms with Crippen LogP contribution < -0.4 is 5.32 Å². The number of nitrogens with one attached hydrogen (secondary N) is 1. The van der Waals surface area contributed by atoms with Gasteiger partial charge in [-0.2, -0.15) is 0 Å².